The number of carbonyl (C=O) groups excluding carboxylic acids is 1. The number of fused-ring (bicyclic) bond motifs is 2. The number of allylic oxidation sites excluding steroid dienone is 2. The fourth-order valence-corrected chi connectivity index (χ4v) is 2.03. The van der Waals surface area contributed by atoms with Crippen LogP contribution in [0.2, 0.25) is 0 Å². The summed E-state index contributed by atoms with van der Waals surface area (Å²) >= 11 is 0. The molecule has 20 heavy (non-hydrogen) atoms. The summed E-state index contributed by atoms with van der Waals surface area (Å²) in [5.74, 6) is 0.733. The number of nitrogens with zero attached hydrogens (tertiary/aromatic N) is 1. The van der Waals surface area contributed by atoms with Crippen molar-refractivity contribution in [1.29, 1.82) is 0 Å². The minimum atomic E-state index is -0.300. The maximum atomic E-state index is 11.9. The van der Waals surface area contributed by atoms with Crippen molar-refractivity contribution in [3.8, 4) is 11.5 Å². The van der Waals surface area contributed by atoms with E-state index < -0.39 is 0 Å². The molecule has 0 aromatic carbocycles. The van der Waals surface area contributed by atoms with E-state index in [1.54, 1.807) is 0 Å². The summed E-state index contributed by atoms with van der Waals surface area (Å²) < 4.78 is 5.69. The van der Waals surface area contributed by atoms with Gasteiger partial charge < -0.3 is 9.73 Å². The third-order valence-electron chi connectivity index (χ3n) is 2.90. The first-order valence-electron chi connectivity index (χ1n) is 6.23. The fourth-order valence-electron chi connectivity index (χ4n) is 2.03. The molecule has 2 aliphatic carbocycles. The summed E-state index contributed by atoms with van der Waals surface area (Å²) in [5, 5.41) is 2.49. The Morgan fingerprint density at radius 3 is 2.90 bits per heavy atom. The van der Waals surface area contributed by atoms with Crippen molar-refractivity contribution in [2.75, 3.05) is 5.32 Å². The zero-order valence-electron chi connectivity index (χ0n) is 10.8. The Balaban J connectivity index is 2.21. The SMILES string of the molecule is CC(=O)Nc1cc2nc3c(oc-2cc1=O)C=CCC=C3. The average Bonchev–Trinajstić information content (AvgIpc) is 2.61. The molecule has 3 aliphatic rings. The Morgan fingerprint density at radius 2 is 2.10 bits per heavy atom. The van der Waals surface area contributed by atoms with Crippen molar-refractivity contribution < 1.29 is 9.21 Å². The highest BCUT2D eigenvalue weighted by molar-refractivity contribution is 5.89. The Kier molecular flexibility index (Phi) is 2.95. The van der Waals surface area contributed by atoms with E-state index in [0.29, 0.717) is 22.9 Å². The summed E-state index contributed by atoms with van der Waals surface area (Å²) in [5.41, 5.74) is 1.15. The van der Waals surface area contributed by atoms with E-state index in [1.165, 1.54) is 19.1 Å². The van der Waals surface area contributed by atoms with Crippen LogP contribution in [0, 0.1) is 0 Å². The second kappa shape index (κ2) is 4.77. The quantitative estimate of drug-likeness (QED) is 0.862. The highest BCUT2D eigenvalue weighted by atomic mass is 16.3. The lowest BCUT2D eigenvalue weighted by Crippen LogP contribution is -2.15. The molecule has 0 saturated carbocycles. The van der Waals surface area contributed by atoms with Crippen molar-refractivity contribution in [3.63, 3.8) is 0 Å². The van der Waals surface area contributed by atoms with Gasteiger partial charge in [-0.05, 0) is 24.6 Å². The first-order valence-corrected chi connectivity index (χ1v) is 6.23. The molecule has 0 atom stereocenters. The normalized spacial score (nSPS) is 13.1. The van der Waals surface area contributed by atoms with Gasteiger partial charge in [-0.1, -0.05) is 12.2 Å². The largest absolute Gasteiger partial charge is 0.453 e. The molecule has 0 aromatic rings. The van der Waals surface area contributed by atoms with E-state index in [1.807, 2.05) is 24.3 Å². The molecular weight excluding hydrogens is 256 g/mol. The van der Waals surface area contributed by atoms with Gasteiger partial charge in [0, 0.05) is 13.0 Å². The number of anilines is 1. The lowest BCUT2D eigenvalue weighted by molar-refractivity contribution is -0.114. The van der Waals surface area contributed by atoms with Gasteiger partial charge in [0.15, 0.2) is 11.5 Å². The summed E-state index contributed by atoms with van der Waals surface area (Å²) in [6.45, 7) is 1.35. The van der Waals surface area contributed by atoms with Crippen molar-refractivity contribution >= 4 is 23.7 Å². The number of hydrogen-bond acceptors (Lipinski definition) is 4. The van der Waals surface area contributed by atoms with Gasteiger partial charge in [-0.25, -0.2) is 4.98 Å². The molecule has 5 nitrogen and oxygen atoms in total. The van der Waals surface area contributed by atoms with Crippen LogP contribution in [0.25, 0.3) is 23.6 Å². The standard InChI is InChI=1S/C15H12N2O3/c1-9(18)16-11-7-12-15(8-13(11)19)20-14-6-4-2-3-5-10(14)17-12/h3-8H,2H2,1H3,(H,16,18). The van der Waals surface area contributed by atoms with E-state index >= 15 is 0 Å². The van der Waals surface area contributed by atoms with Crippen LogP contribution in [0.15, 0.2) is 33.5 Å². The molecule has 0 radical (unpaired) electrons. The smallest absolute Gasteiger partial charge is 0.221 e. The third-order valence-corrected chi connectivity index (χ3v) is 2.90. The highest BCUT2D eigenvalue weighted by Gasteiger charge is 2.15. The van der Waals surface area contributed by atoms with Gasteiger partial charge in [-0.15, -0.1) is 0 Å². The second-order valence-corrected chi connectivity index (χ2v) is 4.50. The monoisotopic (exact) mass is 268 g/mol. The number of hydrogen-bond donors (Lipinski definition) is 1. The molecule has 1 heterocycles. The molecule has 0 fully saturated rings. The van der Waals surface area contributed by atoms with Gasteiger partial charge in [-0.2, -0.15) is 0 Å². The van der Waals surface area contributed by atoms with Crippen molar-refractivity contribution in [2.45, 2.75) is 13.3 Å². The predicted molar refractivity (Wildman–Crippen MR) is 76.4 cm³/mol. The second-order valence-electron chi connectivity index (χ2n) is 4.50. The Morgan fingerprint density at radius 1 is 1.30 bits per heavy atom. The maximum Gasteiger partial charge on any atom is 0.221 e. The van der Waals surface area contributed by atoms with E-state index in [4.69, 9.17) is 4.42 Å². The number of amides is 1. The molecule has 0 bridgehead atoms. The zero-order valence-corrected chi connectivity index (χ0v) is 10.8. The summed E-state index contributed by atoms with van der Waals surface area (Å²) in [4.78, 5) is 27.4. The molecule has 0 unspecified atom stereocenters. The number of nitrogens with one attached hydrogen (secondary N) is 1. The van der Waals surface area contributed by atoms with Crippen LogP contribution >= 0.6 is 0 Å². The lowest BCUT2D eigenvalue weighted by Gasteiger charge is -2.09. The van der Waals surface area contributed by atoms with Crippen molar-refractivity contribution in [1.82, 2.24) is 4.98 Å². The van der Waals surface area contributed by atoms with Gasteiger partial charge in [-0.3, -0.25) is 9.59 Å². The molecule has 5 heteroatoms. The van der Waals surface area contributed by atoms with Crippen LogP contribution in [-0.4, -0.2) is 10.9 Å². The molecule has 0 aromatic heterocycles. The Hall–Kier alpha value is -2.69. The molecule has 1 aliphatic heterocycles. The van der Waals surface area contributed by atoms with E-state index in [2.05, 4.69) is 10.3 Å². The topological polar surface area (TPSA) is 72.2 Å². The first kappa shape index (κ1) is 12.3. The van der Waals surface area contributed by atoms with Crippen LogP contribution in [-0.2, 0) is 4.79 Å². The van der Waals surface area contributed by atoms with Crippen molar-refractivity contribution in [2.24, 2.45) is 0 Å². The van der Waals surface area contributed by atoms with E-state index in [9.17, 15) is 9.59 Å². The number of rotatable bonds is 1. The minimum absolute atomic E-state index is 0.209. The fraction of sp³-hybridized carbons (Fsp3) is 0.133. The number of carbonyl (C=O) groups is 1. The Bertz CT molecular complexity index is 771. The van der Waals surface area contributed by atoms with Crippen LogP contribution in [0.1, 0.15) is 24.8 Å². The van der Waals surface area contributed by atoms with E-state index in [0.717, 1.165) is 6.42 Å². The average molecular weight is 268 g/mol. The zero-order chi connectivity index (χ0) is 14.1. The van der Waals surface area contributed by atoms with Crippen LogP contribution in [0.4, 0.5) is 5.69 Å². The third kappa shape index (κ3) is 2.25. The molecule has 0 spiro atoms. The predicted octanol–water partition coefficient (Wildman–Crippen LogP) is 2.53. The van der Waals surface area contributed by atoms with Crippen LogP contribution in [0.5, 0.6) is 0 Å². The van der Waals surface area contributed by atoms with Crippen molar-refractivity contribution in [3.05, 3.63) is 46.0 Å². The van der Waals surface area contributed by atoms with Crippen LogP contribution < -0.4 is 10.7 Å². The molecule has 3 rings (SSSR count). The van der Waals surface area contributed by atoms with Gasteiger partial charge in [0.05, 0.1) is 5.69 Å². The molecule has 1 amide bonds. The molecular formula is C15H12N2O3. The van der Waals surface area contributed by atoms with Gasteiger partial charge in [0.25, 0.3) is 0 Å². The molecule has 1 N–H and O–H groups in total. The lowest BCUT2D eigenvalue weighted by atomic mass is 10.2. The summed E-state index contributed by atoms with van der Waals surface area (Å²) in [6, 6.07) is 2.88. The van der Waals surface area contributed by atoms with Gasteiger partial charge in [0.2, 0.25) is 11.3 Å². The number of benzene rings is 1. The first-order chi connectivity index (χ1) is 9.63. The Labute approximate surface area is 115 Å². The number of aromatic nitrogens is 1. The highest BCUT2D eigenvalue weighted by Crippen LogP contribution is 2.26. The molecule has 100 valence electrons. The minimum Gasteiger partial charge on any atom is -0.453 e. The summed E-state index contributed by atoms with van der Waals surface area (Å²) in [6.07, 6.45) is 8.47. The molecule has 0 saturated heterocycles. The van der Waals surface area contributed by atoms with Gasteiger partial charge >= 0.3 is 0 Å². The summed E-state index contributed by atoms with van der Waals surface area (Å²) in [7, 11) is 0. The van der Waals surface area contributed by atoms with Gasteiger partial charge in [0.1, 0.15) is 11.4 Å². The van der Waals surface area contributed by atoms with Crippen LogP contribution in [0.3, 0.4) is 0 Å². The maximum absolute atomic E-state index is 11.9. The van der Waals surface area contributed by atoms with E-state index in [-0.39, 0.29) is 17.0 Å².